The van der Waals surface area contributed by atoms with Crippen LogP contribution in [-0.4, -0.2) is 32.2 Å². The molecule has 0 bridgehead atoms. The van der Waals surface area contributed by atoms with Crippen molar-refractivity contribution in [2.24, 2.45) is 0 Å². The lowest BCUT2D eigenvalue weighted by molar-refractivity contribution is -0.385. The van der Waals surface area contributed by atoms with Crippen molar-refractivity contribution in [3.05, 3.63) is 75.7 Å². The Morgan fingerprint density at radius 3 is 2.96 bits per heavy atom. The number of allylic oxidation sites excluding steroid dienone is 1. The minimum Gasteiger partial charge on any atom is -0.490 e. The van der Waals surface area contributed by atoms with E-state index >= 15 is 0 Å². The number of benzene rings is 1. The first kappa shape index (κ1) is 17.7. The van der Waals surface area contributed by atoms with E-state index in [-0.39, 0.29) is 17.2 Å². The summed E-state index contributed by atoms with van der Waals surface area (Å²) in [6.07, 6.45) is 6.64. The zero-order chi connectivity index (χ0) is 19.7. The number of nitro benzene ring substituents is 1. The van der Waals surface area contributed by atoms with Crippen LogP contribution < -0.4 is 4.74 Å². The first-order valence-electron chi connectivity index (χ1n) is 8.22. The highest BCUT2D eigenvalue weighted by atomic mass is 32.1. The van der Waals surface area contributed by atoms with Gasteiger partial charge in [-0.1, -0.05) is 0 Å². The third kappa shape index (κ3) is 3.08. The SMILES string of the molecule is COc1ccc(-c2nc3sccn3c2C=CC(=O)c2ccc[nH]2)cc1[N+](=O)[O-]. The molecule has 140 valence electrons. The summed E-state index contributed by atoms with van der Waals surface area (Å²) in [7, 11) is 1.38. The highest BCUT2D eigenvalue weighted by Gasteiger charge is 2.20. The average molecular weight is 394 g/mol. The lowest BCUT2D eigenvalue weighted by Crippen LogP contribution is -1.96. The van der Waals surface area contributed by atoms with Gasteiger partial charge in [-0.25, -0.2) is 4.98 Å². The predicted octanol–water partition coefficient (Wildman–Crippen LogP) is 4.20. The number of thiazole rings is 1. The molecule has 0 saturated carbocycles. The first-order valence-corrected chi connectivity index (χ1v) is 9.10. The second kappa shape index (κ2) is 7.12. The molecule has 0 radical (unpaired) electrons. The van der Waals surface area contributed by atoms with E-state index in [9.17, 15) is 14.9 Å². The molecule has 0 unspecified atom stereocenters. The minimum atomic E-state index is -0.495. The molecule has 3 heterocycles. The van der Waals surface area contributed by atoms with Gasteiger partial charge in [-0.3, -0.25) is 19.3 Å². The Bertz CT molecular complexity index is 1200. The third-order valence-corrected chi connectivity index (χ3v) is 4.96. The molecule has 8 nitrogen and oxygen atoms in total. The number of ether oxygens (including phenoxy) is 1. The molecule has 9 heteroatoms. The summed E-state index contributed by atoms with van der Waals surface area (Å²) in [6.45, 7) is 0. The van der Waals surface area contributed by atoms with Crippen molar-refractivity contribution in [2.75, 3.05) is 7.11 Å². The summed E-state index contributed by atoms with van der Waals surface area (Å²) < 4.78 is 6.91. The fourth-order valence-corrected chi connectivity index (χ4v) is 3.60. The fraction of sp³-hybridized carbons (Fsp3) is 0.0526. The van der Waals surface area contributed by atoms with E-state index < -0.39 is 4.92 Å². The molecule has 0 atom stereocenters. The largest absolute Gasteiger partial charge is 0.490 e. The number of nitrogens with zero attached hydrogens (tertiary/aromatic N) is 3. The second-order valence-corrected chi connectivity index (χ2v) is 6.70. The van der Waals surface area contributed by atoms with Gasteiger partial charge in [0.1, 0.15) is 0 Å². The molecule has 0 aliphatic carbocycles. The number of H-pyrrole nitrogens is 1. The molecule has 0 amide bonds. The van der Waals surface area contributed by atoms with Crippen LogP contribution >= 0.6 is 11.3 Å². The van der Waals surface area contributed by atoms with Gasteiger partial charge in [0.15, 0.2) is 10.7 Å². The van der Waals surface area contributed by atoms with Gasteiger partial charge in [0.05, 0.1) is 29.1 Å². The maximum absolute atomic E-state index is 12.3. The number of fused-ring (bicyclic) bond motifs is 1. The number of methoxy groups -OCH3 is 1. The molecule has 1 N–H and O–H groups in total. The molecule has 4 rings (SSSR count). The standard InChI is InChI=1S/C19H14N4O4S/c1-27-17-7-4-12(11-15(17)23(25)26)18-14(22-9-10-28-19(22)21-18)5-6-16(24)13-3-2-8-20-13/h2-11,20H,1H3. The van der Waals surface area contributed by atoms with Crippen molar-refractivity contribution in [3.63, 3.8) is 0 Å². The Morgan fingerprint density at radius 1 is 1.39 bits per heavy atom. The maximum Gasteiger partial charge on any atom is 0.311 e. The van der Waals surface area contributed by atoms with Crippen LogP contribution in [0.3, 0.4) is 0 Å². The summed E-state index contributed by atoms with van der Waals surface area (Å²) in [4.78, 5) is 31.3. The maximum atomic E-state index is 12.3. The van der Waals surface area contributed by atoms with Crippen LogP contribution in [-0.2, 0) is 0 Å². The van der Waals surface area contributed by atoms with Gasteiger partial charge in [0, 0.05) is 29.4 Å². The number of aromatic amines is 1. The molecule has 0 spiro atoms. The van der Waals surface area contributed by atoms with Crippen LogP contribution in [0.5, 0.6) is 5.75 Å². The summed E-state index contributed by atoms with van der Waals surface area (Å²) in [5.74, 6) is -0.00405. The fourth-order valence-electron chi connectivity index (χ4n) is 2.88. The summed E-state index contributed by atoms with van der Waals surface area (Å²) in [6, 6.07) is 8.12. The van der Waals surface area contributed by atoms with Crippen LogP contribution in [0, 0.1) is 10.1 Å². The van der Waals surface area contributed by atoms with E-state index in [2.05, 4.69) is 9.97 Å². The van der Waals surface area contributed by atoms with Crippen LogP contribution in [0.15, 0.2) is 54.2 Å². The monoisotopic (exact) mass is 394 g/mol. The Labute approximate surface area is 162 Å². The zero-order valence-electron chi connectivity index (χ0n) is 14.7. The van der Waals surface area contributed by atoms with Crippen LogP contribution in [0.1, 0.15) is 16.2 Å². The number of carbonyl (C=O) groups excluding carboxylic acids is 1. The van der Waals surface area contributed by atoms with E-state index in [0.29, 0.717) is 22.6 Å². The van der Waals surface area contributed by atoms with Crippen LogP contribution in [0.2, 0.25) is 0 Å². The minimum absolute atomic E-state index is 0.145. The van der Waals surface area contributed by atoms with Gasteiger partial charge in [-0.05, 0) is 36.4 Å². The van der Waals surface area contributed by atoms with E-state index in [1.165, 1.54) is 30.6 Å². The van der Waals surface area contributed by atoms with Crippen molar-refractivity contribution in [1.29, 1.82) is 0 Å². The summed E-state index contributed by atoms with van der Waals surface area (Å²) >= 11 is 1.44. The average Bonchev–Trinajstić information content (AvgIpc) is 3.43. The quantitative estimate of drug-likeness (QED) is 0.228. The molecule has 0 saturated heterocycles. The molecular weight excluding hydrogens is 380 g/mol. The van der Waals surface area contributed by atoms with Gasteiger partial charge >= 0.3 is 5.69 Å². The Balaban J connectivity index is 1.81. The van der Waals surface area contributed by atoms with Gasteiger partial charge in [-0.2, -0.15) is 0 Å². The van der Waals surface area contributed by atoms with E-state index in [1.54, 1.807) is 36.5 Å². The molecule has 4 aromatic rings. The molecular formula is C19H14N4O4S. The molecule has 0 aliphatic heterocycles. The van der Waals surface area contributed by atoms with Crippen molar-refractivity contribution in [2.45, 2.75) is 0 Å². The number of nitrogens with one attached hydrogen (secondary N) is 1. The number of ketones is 1. The van der Waals surface area contributed by atoms with Crippen LogP contribution in [0.25, 0.3) is 22.3 Å². The Hall–Kier alpha value is -3.72. The summed E-state index contributed by atoms with van der Waals surface area (Å²) in [5, 5.41) is 13.2. The molecule has 0 fully saturated rings. The number of carbonyl (C=O) groups is 1. The molecule has 1 aromatic carbocycles. The first-order chi connectivity index (χ1) is 13.6. The van der Waals surface area contributed by atoms with E-state index in [0.717, 1.165) is 4.96 Å². The second-order valence-electron chi connectivity index (χ2n) is 5.83. The lowest BCUT2D eigenvalue weighted by atomic mass is 10.1. The normalized spacial score (nSPS) is 11.3. The van der Waals surface area contributed by atoms with Crippen LogP contribution in [0.4, 0.5) is 5.69 Å². The Morgan fingerprint density at radius 2 is 2.25 bits per heavy atom. The third-order valence-electron chi connectivity index (χ3n) is 4.20. The molecule has 3 aromatic heterocycles. The molecule has 0 aliphatic rings. The van der Waals surface area contributed by atoms with Gasteiger partial charge in [-0.15, -0.1) is 11.3 Å². The number of rotatable bonds is 6. The molecule has 28 heavy (non-hydrogen) atoms. The van der Waals surface area contributed by atoms with E-state index in [4.69, 9.17) is 4.74 Å². The number of imidazole rings is 1. The van der Waals surface area contributed by atoms with Crippen molar-refractivity contribution in [3.8, 4) is 17.0 Å². The number of hydrogen-bond donors (Lipinski definition) is 1. The van der Waals surface area contributed by atoms with Crippen molar-refractivity contribution >= 4 is 33.8 Å². The lowest BCUT2D eigenvalue weighted by Gasteiger charge is -2.04. The smallest absolute Gasteiger partial charge is 0.311 e. The van der Waals surface area contributed by atoms with Crippen molar-refractivity contribution < 1.29 is 14.5 Å². The van der Waals surface area contributed by atoms with Gasteiger partial charge < -0.3 is 9.72 Å². The number of hydrogen-bond acceptors (Lipinski definition) is 6. The topological polar surface area (TPSA) is 103 Å². The number of nitro groups is 1. The van der Waals surface area contributed by atoms with Gasteiger partial charge in [0.25, 0.3) is 0 Å². The van der Waals surface area contributed by atoms with Crippen molar-refractivity contribution in [1.82, 2.24) is 14.4 Å². The zero-order valence-corrected chi connectivity index (χ0v) is 15.5. The highest BCUT2D eigenvalue weighted by Crippen LogP contribution is 2.34. The van der Waals surface area contributed by atoms with E-state index in [1.807, 2.05) is 16.0 Å². The summed E-state index contributed by atoms with van der Waals surface area (Å²) in [5.41, 5.74) is 2.11. The van der Waals surface area contributed by atoms with Gasteiger partial charge in [0.2, 0.25) is 5.78 Å². The Kier molecular flexibility index (Phi) is 4.50. The predicted molar refractivity (Wildman–Crippen MR) is 106 cm³/mol. The highest BCUT2D eigenvalue weighted by molar-refractivity contribution is 7.15. The number of aromatic nitrogens is 3.